The predicted molar refractivity (Wildman–Crippen MR) is 49.4 cm³/mol. The Morgan fingerprint density at radius 2 is 1.86 bits per heavy atom. The van der Waals surface area contributed by atoms with E-state index in [1.807, 2.05) is 0 Å². The summed E-state index contributed by atoms with van der Waals surface area (Å²) in [6.45, 7) is 0.241. The van der Waals surface area contributed by atoms with Crippen molar-refractivity contribution in [2.75, 3.05) is 6.61 Å². The second-order valence-corrected chi connectivity index (χ2v) is 4.97. The van der Waals surface area contributed by atoms with Crippen molar-refractivity contribution in [2.24, 2.45) is 0 Å². The van der Waals surface area contributed by atoms with E-state index in [9.17, 15) is 13.2 Å². The first kappa shape index (κ1) is 11.5. The smallest absolute Gasteiger partial charge is 0.326 e. The molecule has 1 heterocycles. The van der Waals surface area contributed by atoms with Crippen molar-refractivity contribution < 1.29 is 22.5 Å². The second-order valence-electron chi connectivity index (χ2n) is 3.37. The molecule has 0 aliphatic carbocycles. The number of carbonyl (C=O) groups is 1. The molecule has 0 bridgehead atoms. The minimum Gasteiger partial charge on any atom is -0.465 e. The molecule has 82 valence electrons. The van der Waals surface area contributed by atoms with Crippen molar-refractivity contribution in [1.82, 2.24) is 0 Å². The zero-order valence-electron chi connectivity index (χ0n) is 7.81. The third kappa shape index (κ3) is 3.26. The maximum atomic E-state index is 11.2. The average Bonchev–Trinajstić information content (AvgIpc) is 2.15. The molecule has 1 unspecified atom stereocenters. The van der Waals surface area contributed by atoms with Gasteiger partial charge in [0.25, 0.3) is 10.1 Å². The standard InChI is InChI=1S/C8H14O5S/c9-8-7(14(10,11)12)5-3-1-2-4-6-13-8/h7H,1-6H2,(H,10,11,12). The van der Waals surface area contributed by atoms with Crippen LogP contribution in [0, 0.1) is 0 Å². The molecule has 1 atom stereocenters. The molecule has 0 amide bonds. The zero-order chi connectivity index (χ0) is 10.6. The summed E-state index contributed by atoms with van der Waals surface area (Å²) in [6, 6.07) is 0. The van der Waals surface area contributed by atoms with Crippen molar-refractivity contribution in [2.45, 2.75) is 37.4 Å². The Morgan fingerprint density at radius 1 is 1.21 bits per heavy atom. The molecule has 1 aliphatic rings. The van der Waals surface area contributed by atoms with Gasteiger partial charge in [0.2, 0.25) is 0 Å². The summed E-state index contributed by atoms with van der Waals surface area (Å²) in [6.07, 6.45) is 3.31. The maximum absolute atomic E-state index is 11.2. The van der Waals surface area contributed by atoms with Crippen LogP contribution in [0.15, 0.2) is 0 Å². The van der Waals surface area contributed by atoms with E-state index in [0.717, 1.165) is 19.3 Å². The SMILES string of the molecule is O=C1OCCCCCCC1S(=O)(=O)O. The van der Waals surface area contributed by atoms with Crippen LogP contribution in [-0.4, -0.2) is 30.8 Å². The third-order valence-electron chi connectivity index (χ3n) is 2.23. The van der Waals surface area contributed by atoms with Crippen molar-refractivity contribution in [3.63, 3.8) is 0 Å². The van der Waals surface area contributed by atoms with Crippen molar-refractivity contribution >= 4 is 16.1 Å². The summed E-state index contributed by atoms with van der Waals surface area (Å²) in [4.78, 5) is 11.2. The van der Waals surface area contributed by atoms with Crippen LogP contribution in [0.3, 0.4) is 0 Å². The van der Waals surface area contributed by atoms with Gasteiger partial charge in [-0.3, -0.25) is 9.35 Å². The second kappa shape index (κ2) is 4.75. The maximum Gasteiger partial charge on any atom is 0.326 e. The third-order valence-corrected chi connectivity index (χ3v) is 3.37. The van der Waals surface area contributed by atoms with Gasteiger partial charge in [-0.2, -0.15) is 8.42 Å². The molecule has 1 N–H and O–H groups in total. The lowest BCUT2D eigenvalue weighted by atomic mass is 10.1. The lowest BCUT2D eigenvalue weighted by Gasteiger charge is -2.10. The van der Waals surface area contributed by atoms with E-state index in [1.165, 1.54) is 0 Å². The van der Waals surface area contributed by atoms with E-state index in [4.69, 9.17) is 9.29 Å². The minimum absolute atomic E-state index is 0.150. The molecule has 0 saturated carbocycles. The Morgan fingerprint density at radius 3 is 2.50 bits per heavy atom. The fraction of sp³-hybridized carbons (Fsp3) is 0.875. The molecule has 0 aromatic carbocycles. The first-order chi connectivity index (χ1) is 6.52. The largest absolute Gasteiger partial charge is 0.465 e. The molecular weight excluding hydrogens is 208 g/mol. The first-order valence-electron chi connectivity index (χ1n) is 4.65. The number of esters is 1. The van der Waals surface area contributed by atoms with Crippen LogP contribution < -0.4 is 0 Å². The van der Waals surface area contributed by atoms with E-state index >= 15 is 0 Å². The van der Waals surface area contributed by atoms with Crippen LogP contribution in [0.25, 0.3) is 0 Å². The molecule has 1 aliphatic heterocycles. The quantitative estimate of drug-likeness (QED) is 0.523. The van der Waals surface area contributed by atoms with Gasteiger partial charge < -0.3 is 4.74 Å². The van der Waals surface area contributed by atoms with Gasteiger partial charge in [-0.25, -0.2) is 0 Å². The van der Waals surface area contributed by atoms with Crippen molar-refractivity contribution in [3.05, 3.63) is 0 Å². The van der Waals surface area contributed by atoms with E-state index in [0.29, 0.717) is 6.42 Å². The summed E-state index contributed by atoms with van der Waals surface area (Å²) < 4.78 is 35.2. The van der Waals surface area contributed by atoms with Crippen LogP contribution >= 0.6 is 0 Å². The highest BCUT2D eigenvalue weighted by Gasteiger charge is 2.32. The van der Waals surface area contributed by atoms with E-state index in [2.05, 4.69) is 0 Å². The van der Waals surface area contributed by atoms with Gasteiger partial charge in [-0.05, 0) is 12.8 Å². The van der Waals surface area contributed by atoms with Crippen molar-refractivity contribution in [3.8, 4) is 0 Å². The Labute approximate surface area is 83.2 Å². The topological polar surface area (TPSA) is 80.7 Å². The molecule has 1 saturated heterocycles. The highest BCUT2D eigenvalue weighted by atomic mass is 32.2. The average molecular weight is 222 g/mol. The van der Waals surface area contributed by atoms with Gasteiger partial charge in [0.1, 0.15) is 0 Å². The Balaban J connectivity index is 2.73. The van der Waals surface area contributed by atoms with Crippen LogP contribution in [0.2, 0.25) is 0 Å². The molecule has 1 fully saturated rings. The molecule has 14 heavy (non-hydrogen) atoms. The Kier molecular flexibility index (Phi) is 3.88. The van der Waals surface area contributed by atoms with Crippen LogP contribution in [0.5, 0.6) is 0 Å². The zero-order valence-corrected chi connectivity index (χ0v) is 8.62. The molecule has 6 heteroatoms. The van der Waals surface area contributed by atoms with Gasteiger partial charge in [0.05, 0.1) is 6.61 Å². The monoisotopic (exact) mass is 222 g/mol. The molecule has 0 aromatic rings. The van der Waals surface area contributed by atoms with Gasteiger partial charge in [0, 0.05) is 0 Å². The molecule has 1 rings (SSSR count). The summed E-state index contributed by atoms with van der Waals surface area (Å²) in [5, 5.41) is -1.39. The fourth-order valence-electron chi connectivity index (χ4n) is 1.44. The lowest BCUT2D eigenvalue weighted by Crippen LogP contribution is -2.31. The van der Waals surface area contributed by atoms with Crippen LogP contribution in [0.4, 0.5) is 0 Å². The molecule has 5 nitrogen and oxygen atoms in total. The van der Waals surface area contributed by atoms with Gasteiger partial charge in [-0.1, -0.05) is 19.3 Å². The first-order valence-corrected chi connectivity index (χ1v) is 6.15. The van der Waals surface area contributed by atoms with Crippen LogP contribution in [-0.2, 0) is 19.6 Å². The summed E-state index contributed by atoms with van der Waals surface area (Å²) in [5.41, 5.74) is 0. The number of cyclic esters (lactones) is 1. The van der Waals surface area contributed by atoms with E-state index in [1.54, 1.807) is 0 Å². The van der Waals surface area contributed by atoms with E-state index in [-0.39, 0.29) is 13.0 Å². The highest BCUT2D eigenvalue weighted by molar-refractivity contribution is 7.87. The molecule has 0 spiro atoms. The predicted octanol–water partition coefficient (Wildman–Crippen LogP) is 0.750. The van der Waals surface area contributed by atoms with Gasteiger partial charge in [0.15, 0.2) is 5.25 Å². The number of rotatable bonds is 1. The van der Waals surface area contributed by atoms with E-state index < -0.39 is 21.3 Å². The highest BCUT2D eigenvalue weighted by Crippen LogP contribution is 2.15. The number of carbonyl (C=O) groups excluding carboxylic acids is 1. The molecule has 0 aromatic heterocycles. The van der Waals surface area contributed by atoms with Crippen LogP contribution in [0.1, 0.15) is 32.1 Å². The summed E-state index contributed by atoms with van der Waals surface area (Å²) >= 11 is 0. The fourth-order valence-corrected chi connectivity index (χ4v) is 2.22. The Bertz CT molecular complexity index is 295. The minimum atomic E-state index is -4.31. The number of hydrogen-bond acceptors (Lipinski definition) is 4. The molecular formula is C8H14O5S. The van der Waals surface area contributed by atoms with Gasteiger partial charge >= 0.3 is 5.97 Å². The molecule has 0 radical (unpaired) electrons. The van der Waals surface area contributed by atoms with Crippen molar-refractivity contribution in [1.29, 1.82) is 0 Å². The summed E-state index contributed by atoms with van der Waals surface area (Å²) in [7, 11) is -4.31. The Hall–Kier alpha value is -0.620. The number of ether oxygens (including phenoxy) is 1. The lowest BCUT2D eigenvalue weighted by molar-refractivity contribution is -0.143. The summed E-state index contributed by atoms with van der Waals surface area (Å²) in [5.74, 6) is -0.825. The number of hydrogen-bond donors (Lipinski definition) is 1. The normalized spacial score (nSPS) is 25.8. The van der Waals surface area contributed by atoms with Gasteiger partial charge in [-0.15, -0.1) is 0 Å².